The van der Waals surface area contributed by atoms with E-state index in [2.05, 4.69) is 10.6 Å². The normalized spacial score (nSPS) is 10.3. The van der Waals surface area contributed by atoms with Gasteiger partial charge in [-0.25, -0.2) is 0 Å². The monoisotopic (exact) mass is 270 g/mol. The lowest BCUT2D eigenvalue weighted by atomic mass is 10.1. The van der Waals surface area contributed by atoms with Gasteiger partial charge in [-0.2, -0.15) is 0 Å². The Bertz CT molecular complexity index is 606. The molecule has 0 spiro atoms. The Morgan fingerprint density at radius 2 is 1.85 bits per heavy atom. The van der Waals surface area contributed by atoms with Gasteiger partial charge in [0.2, 0.25) is 0 Å². The lowest BCUT2D eigenvalue weighted by molar-refractivity contribution is 0.102. The average molecular weight is 270 g/mol. The van der Waals surface area contributed by atoms with Crippen molar-refractivity contribution in [2.45, 2.75) is 13.5 Å². The van der Waals surface area contributed by atoms with Gasteiger partial charge < -0.3 is 15.7 Å². The van der Waals surface area contributed by atoms with Crippen LogP contribution >= 0.6 is 0 Å². The molecule has 2 aromatic rings. The van der Waals surface area contributed by atoms with Crippen LogP contribution < -0.4 is 10.6 Å². The molecule has 3 N–H and O–H groups in total. The molecule has 0 aliphatic heterocycles. The van der Waals surface area contributed by atoms with E-state index in [0.717, 1.165) is 17.8 Å². The Kier molecular flexibility index (Phi) is 4.38. The first-order chi connectivity index (χ1) is 9.60. The Hall–Kier alpha value is -2.33. The number of anilines is 1. The smallest absolute Gasteiger partial charge is 0.255 e. The van der Waals surface area contributed by atoms with Crippen LogP contribution in [0.25, 0.3) is 0 Å². The Morgan fingerprint density at radius 3 is 2.45 bits per heavy atom. The van der Waals surface area contributed by atoms with Gasteiger partial charge in [0.15, 0.2) is 0 Å². The number of carbonyl (C=O) groups is 1. The van der Waals surface area contributed by atoms with Crippen molar-refractivity contribution >= 4 is 11.6 Å². The molecule has 0 saturated carbocycles. The van der Waals surface area contributed by atoms with E-state index >= 15 is 0 Å². The summed E-state index contributed by atoms with van der Waals surface area (Å²) in [7, 11) is 1.89. The summed E-state index contributed by atoms with van der Waals surface area (Å²) in [4.78, 5) is 12.1. The fourth-order valence-corrected chi connectivity index (χ4v) is 1.91. The van der Waals surface area contributed by atoms with Gasteiger partial charge in [-0.1, -0.05) is 12.1 Å². The molecule has 0 atom stereocenters. The molecule has 104 valence electrons. The molecule has 0 saturated heterocycles. The number of hydrogen-bond acceptors (Lipinski definition) is 3. The van der Waals surface area contributed by atoms with Crippen LogP contribution in [0.2, 0.25) is 0 Å². The molecular weight excluding hydrogens is 252 g/mol. The van der Waals surface area contributed by atoms with Crippen LogP contribution in [0, 0.1) is 6.92 Å². The summed E-state index contributed by atoms with van der Waals surface area (Å²) < 4.78 is 0. The number of nitrogens with one attached hydrogen (secondary N) is 2. The largest absolute Gasteiger partial charge is 0.508 e. The summed E-state index contributed by atoms with van der Waals surface area (Å²) >= 11 is 0. The van der Waals surface area contributed by atoms with Crippen molar-refractivity contribution in [1.82, 2.24) is 5.32 Å². The van der Waals surface area contributed by atoms with Crippen molar-refractivity contribution in [2.75, 3.05) is 12.4 Å². The number of aromatic hydroxyl groups is 1. The van der Waals surface area contributed by atoms with Gasteiger partial charge in [0.05, 0.1) is 0 Å². The van der Waals surface area contributed by atoms with Gasteiger partial charge in [-0.3, -0.25) is 4.79 Å². The number of benzene rings is 2. The quantitative estimate of drug-likeness (QED) is 0.800. The first kappa shape index (κ1) is 14.1. The highest BCUT2D eigenvalue weighted by molar-refractivity contribution is 6.04. The van der Waals surface area contributed by atoms with Gasteiger partial charge in [-0.05, 0) is 55.4 Å². The van der Waals surface area contributed by atoms with Crippen LogP contribution in [-0.4, -0.2) is 18.1 Å². The maximum atomic E-state index is 12.1. The van der Waals surface area contributed by atoms with Crippen molar-refractivity contribution < 1.29 is 9.90 Å². The SMILES string of the molecule is CNCc1ccc(NC(=O)c2ccc(O)c(C)c2)cc1. The zero-order valence-corrected chi connectivity index (χ0v) is 11.6. The standard InChI is InChI=1S/C16H18N2O2/c1-11-9-13(5-8-15(11)19)16(20)18-14-6-3-12(4-7-14)10-17-2/h3-9,17,19H,10H2,1-2H3,(H,18,20). The maximum Gasteiger partial charge on any atom is 0.255 e. The molecule has 20 heavy (non-hydrogen) atoms. The van der Waals surface area contributed by atoms with Crippen LogP contribution in [0.3, 0.4) is 0 Å². The summed E-state index contributed by atoms with van der Waals surface area (Å²) in [5.74, 6) is 0.00688. The summed E-state index contributed by atoms with van der Waals surface area (Å²) in [5, 5.41) is 15.4. The predicted octanol–water partition coefficient (Wildman–Crippen LogP) is 2.67. The van der Waals surface area contributed by atoms with Gasteiger partial charge in [-0.15, -0.1) is 0 Å². The van der Waals surface area contributed by atoms with E-state index in [9.17, 15) is 9.90 Å². The second kappa shape index (κ2) is 6.21. The molecule has 2 aromatic carbocycles. The minimum absolute atomic E-state index is 0.186. The van der Waals surface area contributed by atoms with Gasteiger partial charge in [0.1, 0.15) is 5.75 Å². The second-order valence-corrected chi connectivity index (χ2v) is 4.68. The van der Waals surface area contributed by atoms with Crippen molar-refractivity contribution in [2.24, 2.45) is 0 Å². The molecule has 0 aromatic heterocycles. The predicted molar refractivity (Wildman–Crippen MR) is 80.0 cm³/mol. The number of rotatable bonds is 4. The lowest BCUT2D eigenvalue weighted by Gasteiger charge is -2.08. The third kappa shape index (κ3) is 3.36. The molecule has 4 heteroatoms. The Morgan fingerprint density at radius 1 is 1.15 bits per heavy atom. The zero-order chi connectivity index (χ0) is 14.5. The van der Waals surface area contributed by atoms with Gasteiger partial charge in [0.25, 0.3) is 5.91 Å². The summed E-state index contributed by atoms with van der Waals surface area (Å²) in [6.45, 7) is 2.56. The Labute approximate surface area is 118 Å². The maximum absolute atomic E-state index is 12.1. The third-order valence-corrected chi connectivity index (χ3v) is 3.05. The average Bonchev–Trinajstić information content (AvgIpc) is 2.44. The minimum atomic E-state index is -0.186. The van der Waals surface area contributed by atoms with Crippen LogP contribution in [0.1, 0.15) is 21.5 Å². The number of hydrogen-bond donors (Lipinski definition) is 3. The fourth-order valence-electron chi connectivity index (χ4n) is 1.91. The first-order valence-corrected chi connectivity index (χ1v) is 6.44. The highest BCUT2D eigenvalue weighted by Crippen LogP contribution is 2.18. The minimum Gasteiger partial charge on any atom is -0.508 e. The van der Waals surface area contributed by atoms with Crippen molar-refractivity contribution in [3.05, 3.63) is 59.2 Å². The summed E-state index contributed by atoms with van der Waals surface area (Å²) in [6, 6.07) is 12.5. The van der Waals surface area contributed by atoms with Crippen LogP contribution in [-0.2, 0) is 6.54 Å². The van der Waals surface area contributed by atoms with E-state index < -0.39 is 0 Å². The molecular formula is C16H18N2O2. The van der Waals surface area contributed by atoms with Crippen LogP contribution in [0.4, 0.5) is 5.69 Å². The highest BCUT2D eigenvalue weighted by atomic mass is 16.3. The number of phenols is 1. The molecule has 0 fully saturated rings. The number of amides is 1. The molecule has 0 unspecified atom stereocenters. The first-order valence-electron chi connectivity index (χ1n) is 6.44. The number of aryl methyl sites for hydroxylation is 1. The lowest BCUT2D eigenvalue weighted by Crippen LogP contribution is -2.12. The van der Waals surface area contributed by atoms with Crippen molar-refractivity contribution in [3.63, 3.8) is 0 Å². The van der Waals surface area contributed by atoms with Crippen LogP contribution in [0.15, 0.2) is 42.5 Å². The van der Waals surface area contributed by atoms with E-state index in [0.29, 0.717) is 11.1 Å². The van der Waals surface area contributed by atoms with E-state index in [1.807, 2.05) is 31.3 Å². The summed E-state index contributed by atoms with van der Waals surface area (Å²) in [5.41, 5.74) is 3.12. The Balaban J connectivity index is 2.08. The molecule has 1 amide bonds. The third-order valence-electron chi connectivity index (χ3n) is 3.05. The molecule has 4 nitrogen and oxygen atoms in total. The van der Waals surface area contributed by atoms with Gasteiger partial charge in [0, 0.05) is 17.8 Å². The molecule has 0 heterocycles. The second-order valence-electron chi connectivity index (χ2n) is 4.68. The molecule has 0 bridgehead atoms. The molecule has 0 aliphatic carbocycles. The fraction of sp³-hybridized carbons (Fsp3) is 0.188. The highest BCUT2D eigenvalue weighted by Gasteiger charge is 2.07. The molecule has 0 aliphatic rings. The van der Waals surface area contributed by atoms with E-state index in [4.69, 9.17) is 0 Å². The van der Waals surface area contributed by atoms with Gasteiger partial charge >= 0.3 is 0 Å². The van der Waals surface area contributed by atoms with E-state index in [1.165, 1.54) is 6.07 Å². The van der Waals surface area contributed by atoms with Crippen molar-refractivity contribution in [1.29, 1.82) is 0 Å². The van der Waals surface area contributed by atoms with Crippen molar-refractivity contribution in [3.8, 4) is 5.75 Å². The number of carbonyl (C=O) groups excluding carboxylic acids is 1. The summed E-state index contributed by atoms with van der Waals surface area (Å²) in [6.07, 6.45) is 0. The van der Waals surface area contributed by atoms with E-state index in [1.54, 1.807) is 19.1 Å². The van der Waals surface area contributed by atoms with E-state index in [-0.39, 0.29) is 11.7 Å². The molecule has 0 radical (unpaired) electrons. The number of phenolic OH excluding ortho intramolecular Hbond substituents is 1. The van der Waals surface area contributed by atoms with Crippen LogP contribution in [0.5, 0.6) is 5.75 Å². The molecule has 2 rings (SSSR count). The topological polar surface area (TPSA) is 61.4 Å². The zero-order valence-electron chi connectivity index (χ0n) is 11.6.